The molecular formula is C29H22FNO3. The largest absolute Gasteiger partial charge is 0.352 e. The van der Waals surface area contributed by atoms with E-state index < -0.39 is 29.2 Å². The number of carbonyl (C=O) groups excluding carboxylic acids is 3. The van der Waals surface area contributed by atoms with Crippen LogP contribution in [0.3, 0.4) is 0 Å². The summed E-state index contributed by atoms with van der Waals surface area (Å²) in [6.07, 6.45) is 3.75. The highest BCUT2D eigenvalue weighted by molar-refractivity contribution is 6.32. The van der Waals surface area contributed by atoms with E-state index in [0.717, 1.165) is 16.8 Å². The number of nitrogens with zero attached hydrogens (tertiary/aromatic N) is 1. The van der Waals surface area contributed by atoms with E-state index in [9.17, 15) is 14.4 Å². The van der Waals surface area contributed by atoms with Crippen LogP contribution in [0.15, 0.2) is 72.8 Å². The predicted octanol–water partition coefficient (Wildman–Crippen LogP) is 5.16. The van der Waals surface area contributed by atoms with Gasteiger partial charge in [0.15, 0.2) is 17.3 Å². The number of hydrogen-bond donors (Lipinski definition) is 0. The average molecular weight is 451 g/mol. The molecule has 1 fully saturated rings. The minimum absolute atomic E-state index is 0.213. The molecular weight excluding hydrogens is 429 g/mol. The zero-order valence-electron chi connectivity index (χ0n) is 18.8. The Balaban J connectivity index is 1.71. The van der Waals surface area contributed by atoms with Crippen LogP contribution in [-0.4, -0.2) is 29.4 Å². The first-order chi connectivity index (χ1) is 16.4. The van der Waals surface area contributed by atoms with E-state index in [0.29, 0.717) is 11.1 Å². The first-order valence-electron chi connectivity index (χ1n) is 11.4. The highest BCUT2D eigenvalue weighted by atomic mass is 19.1. The minimum Gasteiger partial charge on any atom is -0.352 e. The van der Waals surface area contributed by atoms with Gasteiger partial charge in [0.1, 0.15) is 11.2 Å². The minimum atomic E-state index is -1.64. The second-order valence-corrected chi connectivity index (χ2v) is 9.40. The number of fused-ring (bicyclic) bond motifs is 5. The number of anilines is 1. The van der Waals surface area contributed by atoms with Gasteiger partial charge in [-0.05, 0) is 42.7 Å². The first-order valence-corrected chi connectivity index (χ1v) is 11.4. The number of carbonyl (C=O) groups is 3. The lowest BCUT2D eigenvalue weighted by atomic mass is 9.64. The molecule has 0 bridgehead atoms. The average Bonchev–Trinajstić information content (AvgIpc) is 3.26. The van der Waals surface area contributed by atoms with E-state index in [1.807, 2.05) is 42.2 Å². The highest BCUT2D eigenvalue weighted by Crippen LogP contribution is 2.60. The predicted molar refractivity (Wildman–Crippen MR) is 128 cm³/mol. The molecule has 0 radical (unpaired) electrons. The number of Topliss-reactive ketones (excluding diaryl/α,β-unsaturated/α-hetero) is 3. The molecule has 6 rings (SSSR count). The van der Waals surface area contributed by atoms with Crippen molar-refractivity contribution >= 4 is 29.1 Å². The third kappa shape index (κ3) is 2.44. The second kappa shape index (κ2) is 7.07. The van der Waals surface area contributed by atoms with Crippen molar-refractivity contribution < 1.29 is 18.8 Å². The molecule has 1 saturated heterocycles. The molecule has 5 heteroatoms. The molecule has 2 heterocycles. The standard InChI is InChI=1S/C29H22FNO3/c1-16-11-12-18-13-14-24-29(27(33)19-7-3-4-8-20(19)28(29)34)25(21-9-5-6-10-22(21)30)26(17(2)32)31(24)23(18)15-16/h3-15,24-26H,1-2H3/t24-,25+,26-/m1/s1. The summed E-state index contributed by atoms with van der Waals surface area (Å²) in [5.74, 6) is -2.40. The van der Waals surface area contributed by atoms with Crippen molar-refractivity contribution in [1.82, 2.24) is 0 Å². The lowest BCUT2D eigenvalue weighted by molar-refractivity contribution is -0.118. The highest BCUT2D eigenvalue weighted by Gasteiger charge is 2.71. The van der Waals surface area contributed by atoms with Crippen LogP contribution in [0, 0.1) is 18.2 Å². The summed E-state index contributed by atoms with van der Waals surface area (Å²) in [6, 6.07) is 17.3. The first kappa shape index (κ1) is 20.7. The lowest BCUT2D eigenvalue weighted by Crippen LogP contribution is -2.48. The molecule has 0 aromatic heterocycles. The molecule has 3 atom stereocenters. The molecule has 3 aromatic rings. The van der Waals surface area contributed by atoms with Gasteiger partial charge in [-0.1, -0.05) is 66.7 Å². The van der Waals surface area contributed by atoms with Crippen LogP contribution in [-0.2, 0) is 4.79 Å². The van der Waals surface area contributed by atoms with Crippen LogP contribution in [0.5, 0.6) is 0 Å². The van der Waals surface area contributed by atoms with Crippen molar-refractivity contribution in [3.63, 3.8) is 0 Å². The third-order valence-corrected chi connectivity index (χ3v) is 7.62. The fourth-order valence-electron chi connectivity index (χ4n) is 6.30. The Morgan fingerprint density at radius 3 is 2.24 bits per heavy atom. The number of hydrogen-bond acceptors (Lipinski definition) is 4. The molecule has 4 nitrogen and oxygen atoms in total. The van der Waals surface area contributed by atoms with E-state index in [4.69, 9.17) is 0 Å². The van der Waals surface area contributed by atoms with Crippen LogP contribution in [0.4, 0.5) is 10.1 Å². The topological polar surface area (TPSA) is 54.5 Å². The van der Waals surface area contributed by atoms with Gasteiger partial charge in [0.05, 0.1) is 12.1 Å². The zero-order chi connectivity index (χ0) is 23.8. The Labute approximate surface area is 196 Å². The summed E-state index contributed by atoms with van der Waals surface area (Å²) >= 11 is 0. The maximum atomic E-state index is 15.4. The van der Waals surface area contributed by atoms with Crippen LogP contribution < -0.4 is 4.90 Å². The molecule has 34 heavy (non-hydrogen) atoms. The maximum Gasteiger partial charge on any atom is 0.180 e. The van der Waals surface area contributed by atoms with Crippen LogP contribution >= 0.6 is 0 Å². The van der Waals surface area contributed by atoms with Gasteiger partial charge in [-0.2, -0.15) is 0 Å². The lowest BCUT2D eigenvalue weighted by Gasteiger charge is -2.37. The monoisotopic (exact) mass is 451 g/mol. The normalized spacial score (nSPS) is 23.7. The van der Waals surface area contributed by atoms with E-state index in [1.54, 1.807) is 42.5 Å². The molecule has 0 unspecified atom stereocenters. The summed E-state index contributed by atoms with van der Waals surface area (Å²) in [4.78, 5) is 43.6. The number of rotatable bonds is 2. The number of ketones is 3. The van der Waals surface area contributed by atoms with E-state index in [1.165, 1.54) is 13.0 Å². The number of aryl methyl sites for hydroxylation is 1. The van der Waals surface area contributed by atoms with Gasteiger partial charge in [0, 0.05) is 22.7 Å². The van der Waals surface area contributed by atoms with Gasteiger partial charge in [-0.15, -0.1) is 0 Å². The zero-order valence-corrected chi connectivity index (χ0v) is 18.8. The smallest absolute Gasteiger partial charge is 0.180 e. The molecule has 1 aliphatic carbocycles. The Hall–Kier alpha value is -3.86. The molecule has 0 amide bonds. The molecule has 168 valence electrons. The summed E-state index contributed by atoms with van der Waals surface area (Å²) in [7, 11) is 0. The van der Waals surface area contributed by atoms with Crippen molar-refractivity contribution in [2.75, 3.05) is 4.90 Å². The summed E-state index contributed by atoms with van der Waals surface area (Å²) in [6.45, 7) is 3.41. The Morgan fingerprint density at radius 2 is 1.59 bits per heavy atom. The second-order valence-electron chi connectivity index (χ2n) is 9.40. The quantitative estimate of drug-likeness (QED) is 0.506. The fourth-order valence-corrected chi connectivity index (χ4v) is 6.30. The van der Waals surface area contributed by atoms with Crippen molar-refractivity contribution in [2.45, 2.75) is 31.8 Å². The SMILES string of the molecule is CC(=O)[C@@H]1[C@H](c2ccccc2F)C2(C(=O)c3ccccc3C2=O)[C@H]2C=Cc3ccc(C)cc3N12. The van der Waals surface area contributed by atoms with Crippen LogP contribution in [0.2, 0.25) is 0 Å². The van der Waals surface area contributed by atoms with Crippen molar-refractivity contribution in [1.29, 1.82) is 0 Å². The molecule has 2 aliphatic heterocycles. The molecule has 3 aromatic carbocycles. The Bertz CT molecular complexity index is 1400. The van der Waals surface area contributed by atoms with Crippen molar-refractivity contribution in [2.24, 2.45) is 5.41 Å². The number of benzene rings is 3. The van der Waals surface area contributed by atoms with E-state index in [-0.39, 0.29) is 22.9 Å². The summed E-state index contributed by atoms with van der Waals surface area (Å²) in [5.41, 5.74) is 1.92. The van der Waals surface area contributed by atoms with Crippen molar-refractivity contribution in [3.05, 3.63) is 106 Å². The van der Waals surface area contributed by atoms with Gasteiger partial charge in [0.25, 0.3) is 0 Å². The van der Waals surface area contributed by atoms with Gasteiger partial charge < -0.3 is 4.90 Å². The van der Waals surface area contributed by atoms with E-state index in [2.05, 4.69) is 0 Å². The molecule has 0 N–H and O–H groups in total. The van der Waals surface area contributed by atoms with Gasteiger partial charge in [-0.3, -0.25) is 14.4 Å². The number of halogens is 1. The third-order valence-electron chi connectivity index (χ3n) is 7.62. The van der Waals surface area contributed by atoms with Gasteiger partial charge in [0.2, 0.25) is 0 Å². The van der Waals surface area contributed by atoms with Crippen molar-refractivity contribution in [3.8, 4) is 0 Å². The summed E-state index contributed by atoms with van der Waals surface area (Å²) < 4.78 is 15.4. The van der Waals surface area contributed by atoms with Crippen LogP contribution in [0.1, 0.15) is 50.2 Å². The fraction of sp³-hybridized carbons (Fsp3) is 0.207. The molecule has 1 spiro atoms. The Morgan fingerprint density at radius 1 is 0.941 bits per heavy atom. The summed E-state index contributed by atoms with van der Waals surface area (Å²) in [5, 5.41) is 0. The van der Waals surface area contributed by atoms with E-state index >= 15 is 4.39 Å². The molecule has 3 aliphatic rings. The molecule has 0 saturated carbocycles. The Kier molecular flexibility index (Phi) is 4.31. The van der Waals surface area contributed by atoms with Crippen LogP contribution in [0.25, 0.3) is 6.08 Å². The maximum absolute atomic E-state index is 15.4. The van der Waals surface area contributed by atoms with Gasteiger partial charge in [-0.25, -0.2) is 4.39 Å². The van der Waals surface area contributed by atoms with Gasteiger partial charge >= 0.3 is 0 Å².